The van der Waals surface area contributed by atoms with Crippen LogP contribution < -0.4 is 31.9 Å². The predicted octanol–water partition coefficient (Wildman–Crippen LogP) is 2.48. The first-order chi connectivity index (χ1) is 19.6. The van der Waals surface area contributed by atoms with E-state index in [0.717, 1.165) is 11.2 Å². The zero-order valence-corrected chi connectivity index (χ0v) is 23.3. The number of para-hydroxylation sites is 1. The van der Waals surface area contributed by atoms with Crippen LogP contribution in [-0.4, -0.2) is 65.3 Å². The first kappa shape index (κ1) is 28.9. The number of nitrogens with one attached hydrogen (secondary N) is 3. The number of amidine groups is 1. The fourth-order valence-electron chi connectivity index (χ4n) is 4.45. The number of aromatic nitrogens is 3. The first-order valence-electron chi connectivity index (χ1n) is 12.9. The molecular formula is C29H34N8O4. The predicted molar refractivity (Wildman–Crippen MR) is 157 cm³/mol. The zero-order valence-electron chi connectivity index (χ0n) is 23.3. The highest BCUT2D eigenvalue weighted by molar-refractivity contribution is 5.96. The molecule has 2 unspecified atom stereocenters. The van der Waals surface area contributed by atoms with Gasteiger partial charge in [0.25, 0.3) is 5.91 Å². The van der Waals surface area contributed by atoms with Crippen molar-refractivity contribution in [3.63, 3.8) is 0 Å². The van der Waals surface area contributed by atoms with Gasteiger partial charge in [0.2, 0.25) is 0 Å². The van der Waals surface area contributed by atoms with E-state index >= 15 is 0 Å². The van der Waals surface area contributed by atoms with Crippen LogP contribution >= 0.6 is 0 Å². The Bertz CT molecular complexity index is 1590. The molecule has 1 aromatic heterocycles. The van der Waals surface area contributed by atoms with Gasteiger partial charge in [-0.05, 0) is 75.1 Å². The first-order valence-corrected chi connectivity index (χ1v) is 12.9. The summed E-state index contributed by atoms with van der Waals surface area (Å²) in [5, 5.41) is 15.6. The molecule has 7 N–H and O–H groups in total. The van der Waals surface area contributed by atoms with Crippen LogP contribution in [0.4, 0.5) is 5.69 Å². The Morgan fingerprint density at radius 2 is 1.80 bits per heavy atom. The third kappa shape index (κ3) is 6.73. The van der Waals surface area contributed by atoms with E-state index in [1.807, 2.05) is 44.1 Å². The van der Waals surface area contributed by atoms with Crippen molar-refractivity contribution in [1.29, 1.82) is 5.41 Å². The molecule has 0 saturated heterocycles. The normalized spacial score (nSPS) is 12.5. The minimum atomic E-state index is -0.680. The van der Waals surface area contributed by atoms with Crippen molar-refractivity contribution < 1.29 is 14.3 Å². The number of aromatic amines is 1. The lowest BCUT2D eigenvalue weighted by molar-refractivity contribution is 0.1000. The largest absolute Gasteiger partial charge is 0.493 e. The number of carbonyl (C=O) groups excluding carboxylic acids is 1. The monoisotopic (exact) mass is 558 g/mol. The van der Waals surface area contributed by atoms with Crippen LogP contribution in [0.15, 0.2) is 71.5 Å². The smallest absolute Gasteiger partial charge is 0.348 e. The number of hydrogen-bond acceptors (Lipinski definition) is 8. The molecule has 4 rings (SSSR count). The van der Waals surface area contributed by atoms with Gasteiger partial charge < -0.3 is 31.2 Å². The van der Waals surface area contributed by atoms with Crippen molar-refractivity contribution in [3.8, 4) is 17.2 Å². The van der Waals surface area contributed by atoms with E-state index in [-0.39, 0.29) is 29.0 Å². The van der Waals surface area contributed by atoms with E-state index in [1.54, 1.807) is 49.6 Å². The minimum Gasteiger partial charge on any atom is -0.493 e. The van der Waals surface area contributed by atoms with E-state index in [2.05, 4.69) is 15.4 Å². The van der Waals surface area contributed by atoms with Gasteiger partial charge in [0.15, 0.2) is 17.3 Å². The van der Waals surface area contributed by atoms with Crippen LogP contribution in [0.5, 0.6) is 11.5 Å². The number of benzene rings is 3. The molecule has 4 aromatic rings. The molecule has 12 nitrogen and oxygen atoms in total. The number of likely N-dealkylation sites (N-methyl/N-ethyl adjacent to an activating group) is 1. The van der Waals surface area contributed by atoms with E-state index in [9.17, 15) is 9.59 Å². The third-order valence-corrected chi connectivity index (χ3v) is 6.28. The standard InChI is InChI=1S/C29H34N8O4/c1-17(16-36(2)3)41-23-14-11-19(15-24(23)40-4)25(33-20-12-9-18(10-13-20)26(30)31)28-34-29(39)37(35-28)22-8-6-5-7-21(22)27(32)38/h5-15,17,25,33H,16H2,1-4H3,(H3,30,31)(H2,32,38)(H,34,35,39). The molecule has 0 radical (unpaired) electrons. The lowest BCUT2D eigenvalue weighted by Crippen LogP contribution is -2.28. The maximum absolute atomic E-state index is 13.1. The number of rotatable bonds is 12. The van der Waals surface area contributed by atoms with Gasteiger partial charge in [-0.15, -0.1) is 5.10 Å². The van der Waals surface area contributed by atoms with Crippen molar-refractivity contribution in [2.75, 3.05) is 33.1 Å². The molecule has 1 amide bonds. The quantitative estimate of drug-likeness (QED) is 0.130. The number of carbonyl (C=O) groups is 1. The molecule has 0 aliphatic carbocycles. The second-order valence-electron chi connectivity index (χ2n) is 9.78. The van der Waals surface area contributed by atoms with E-state index < -0.39 is 17.6 Å². The number of methoxy groups -OCH3 is 1. The average Bonchev–Trinajstić information content (AvgIpc) is 3.32. The number of H-pyrrole nitrogens is 1. The molecular weight excluding hydrogens is 524 g/mol. The Labute approximate surface area is 237 Å². The van der Waals surface area contributed by atoms with Crippen molar-refractivity contribution in [2.24, 2.45) is 11.5 Å². The molecule has 0 saturated carbocycles. The molecule has 0 aliphatic rings. The summed E-state index contributed by atoms with van der Waals surface area (Å²) >= 11 is 0. The number of primary amides is 1. The fourth-order valence-corrected chi connectivity index (χ4v) is 4.45. The fraction of sp³-hybridized carbons (Fsp3) is 0.241. The molecule has 3 aromatic carbocycles. The number of amides is 1. The van der Waals surface area contributed by atoms with E-state index in [1.165, 1.54) is 6.07 Å². The SMILES string of the molecule is COc1cc(C(Nc2ccc(C(=N)N)cc2)c2nn(-c3ccccc3C(N)=O)c(=O)[nH]2)ccc1OC(C)CN(C)C. The van der Waals surface area contributed by atoms with Crippen LogP contribution in [0.25, 0.3) is 5.69 Å². The zero-order chi connectivity index (χ0) is 29.7. The Kier molecular flexibility index (Phi) is 8.73. The summed E-state index contributed by atoms with van der Waals surface area (Å²) < 4.78 is 12.9. The number of nitrogens with zero attached hydrogens (tertiary/aromatic N) is 3. The lowest BCUT2D eigenvalue weighted by atomic mass is 10.0. The van der Waals surface area contributed by atoms with Gasteiger partial charge in [-0.1, -0.05) is 18.2 Å². The summed E-state index contributed by atoms with van der Waals surface area (Å²) in [4.78, 5) is 30.0. The van der Waals surface area contributed by atoms with E-state index in [0.29, 0.717) is 28.3 Å². The molecule has 1 heterocycles. The molecule has 12 heteroatoms. The summed E-state index contributed by atoms with van der Waals surface area (Å²) in [6.45, 7) is 2.69. The highest BCUT2D eigenvalue weighted by atomic mass is 16.5. The van der Waals surface area contributed by atoms with Crippen LogP contribution in [0.1, 0.15) is 40.3 Å². The second kappa shape index (κ2) is 12.4. The lowest BCUT2D eigenvalue weighted by Gasteiger charge is -2.22. The van der Waals surface area contributed by atoms with Gasteiger partial charge in [-0.2, -0.15) is 4.68 Å². The summed E-state index contributed by atoms with van der Waals surface area (Å²) in [6, 6.07) is 18.3. The Balaban J connectivity index is 1.78. The number of nitrogen functional groups attached to an aromatic ring is 1. The molecule has 41 heavy (non-hydrogen) atoms. The second-order valence-corrected chi connectivity index (χ2v) is 9.78. The summed E-state index contributed by atoms with van der Waals surface area (Å²) in [6.07, 6.45) is -0.0872. The number of anilines is 1. The van der Waals surface area contributed by atoms with Gasteiger partial charge in [0.1, 0.15) is 18.0 Å². The molecule has 0 fully saturated rings. The van der Waals surface area contributed by atoms with Gasteiger partial charge >= 0.3 is 5.69 Å². The Hall–Kier alpha value is -5.10. The molecule has 2 atom stereocenters. The average molecular weight is 559 g/mol. The Morgan fingerprint density at radius 3 is 2.44 bits per heavy atom. The van der Waals surface area contributed by atoms with Crippen LogP contribution in [-0.2, 0) is 0 Å². The van der Waals surface area contributed by atoms with Crippen molar-refractivity contribution in [1.82, 2.24) is 19.7 Å². The topological polar surface area (TPSA) is 177 Å². The maximum atomic E-state index is 13.1. The van der Waals surface area contributed by atoms with Gasteiger partial charge in [0, 0.05) is 17.8 Å². The maximum Gasteiger partial charge on any atom is 0.348 e. The van der Waals surface area contributed by atoms with E-state index in [4.69, 9.17) is 26.4 Å². The highest BCUT2D eigenvalue weighted by Gasteiger charge is 2.23. The summed E-state index contributed by atoms with van der Waals surface area (Å²) in [5.41, 5.74) is 13.0. The Morgan fingerprint density at radius 1 is 1.10 bits per heavy atom. The van der Waals surface area contributed by atoms with Gasteiger partial charge in [0.05, 0.1) is 18.4 Å². The summed E-state index contributed by atoms with van der Waals surface area (Å²) in [7, 11) is 5.51. The number of hydrogen-bond donors (Lipinski definition) is 5. The summed E-state index contributed by atoms with van der Waals surface area (Å²) in [5.74, 6) is 0.632. The highest BCUT2D eigenvalue weighted by Crippen LogP contribution is 2.34. The molecule has 0 bridgehead atoms. The third-order valence-electron chi connectivity index (χ3n) is 6.28. The molecule has 0 spiro atoms. The number of ether oxygens (including phenoxy) is 2. The van der Waals surface area contributed by atoms with Crippen LogP contribution in [0.2, 0.25) is 0 Å². The molecule has 0 aliphatic heterocycles. The minimum absolute atomic E-state index is 0.0480. The van der Waals surface area contributed by atoms with Gasteiger partial charge in [-0.3, -0.25) is 15.2 Å². The van der Waals surface area contributed by atoms with Crippen molar-refractivity contribution in [2.45, 2.75) is 19.1 Å². The van der Waals surface area contributed by atoms with Gasteiger partial charge in [-0.25, -0.2) is 4.79 Å². The van der Waals surface area contributed by atoms with Crippen molar-refractivity contribution >= 4 is 17.4 Å². The van der Waals surface area contributed by atoms with Crippen LogP contribution in [0, 0.1) is 5.41 Å². The molecule has 214 valence electrons. The van der Waals surface area contributed by atoms with Crippen molar-refractivity contribution in [3.05, 3.63) is 99.7 Å². The number of nitrogens with two attached hydrogens (primary N) is 2. The van der Waals surface area contributed by atoms with Crippen LogP contribution in [0.3, 0.4) is 0 Å².